The molecule has 1 heterocycles. The zero-order valence-electron chi connectivity index (χ0n) is 23.4. The van der Waals surface area contributed by atoms with Gasteiger partial charge in [0.1, 0.15) is 0 Å². The summed E-state index contributed by atoms with van der Waals surface area (Å²) in [6.07, 6.45) is 0. The van der Waals surface area contributed by atoms with E-state index in [0.717, 1.165) is 45.0 Å². The van der Waals surface area contributed by atoms with Crippen LogP contribution in [0.3, 0.4) is 0 Å². The van der Waals surface area contributed by atoms with Crippen molar-refractivity contribution in [1.29, 1.82) is 0 Å². The summed E-state index contributed by atoms with van der Waals surface area (Å²) in [4.78, 5) is 15.4. The predicted octanol–water partition coefficient (Wildman–Crippen LogP) is 8.98. The van der Waals surface area contributed by atoms with Crippen LogP contribution >= 0.6 is 0 Å². The van der Waals surface area contributed by atoms with Gasteiger partial charge in [0.25, 0.3) is 0 Å². The Hall–Kier alpha value is -3.59. The number of fused-ring (bicyclic) bond motifs is 1. The Morgan fingerprint density at radius 1 is 0.583 bits per heavy atom. The summed E-state index contributed by atoms with van der Waals surface area (Å²) in [7, 11) is 0. The van der Waals surface area contributed by atoms with Crippen LogP contribution in [0.4, 0.5) is 11.4 Å². The van der Waals surface area contributed by atoms with Gasteiger partial charge >= 0.3 is 0 Å². The standard InChI is InChI=1S/C33H37N3/c1-18-15-19(2)23(6)31(22(18)5)34-26(9)30-17-28-13-11-12-14-29(28)33(36-30)27(10)35-32-24(7)20(3)16-21(4)25(32)8/h11-17H,1-10H3. The molecule has 0 aliphatic carbocycles. The van der Waals surface area contributed by atoms with Gasteiger partial charge in [-0.3, -0.25) is 9.98 Å². The highest BCUT2D eigenvalue weighted by Gasteiger charge is 2.15. The van der Waals surface area contributed by atoms with E-state index < -0.39 is 0 Å². The first kappa shape index (κ1) is 25.5. The molecule has 0 aliphatic rings. The summed E-state index contributed by atoms with van der Waals surface area (Å²) in [6.45, 7) is 21.3. The number of nitrogens with zero attached hydrogens (tertiary/aromatic N) is 3. The van der Waals surface area contributed by atoms with Gasteiger partial charge in [-0.05, 0) is 125 Å². The molecule has 1 aromatic heterocycles. The van der Waals surface area contributed by atoms with E-state index in [9.17, 15) is 0 Å². The topological polar surface area (TPSA) is 37.6 Å². The molecular formula is C33H37N3. The molecule has 0 saturated carbocycles. The number of rotatable bonds is 4. The van der Waals surface area contributed by atoms with Crippen molar-refractivity contribution < 1.29 is 0 Å². The average Bonchev–Trinajstić information content (AvgIpc) is 2.85. The van der Waals surface area contributed by atoms with Crippen LogP contribution in [0.2, 0.25) is 0 Å². The summed E-state index contributed by atoms with van der Waals surface area (Å²) in [5.74, 6) is 0. The minimum Gasteiger partial charge on any atom is -0.251 e. The molecule has 0 saturated heterocycles. The van der Waals surface area contributed by atoms with E-state index in [2.05, 4.69) is 112 Å². The summed E-state index contributed by atoms with van der Waals surface area (Å²) in [5, 5.41) is 2.25. The van der Waals surface area contributed by atoms with E-state index >= 15 is 0 Å². The van der Waals surface area contributed by atoms with Gasteiger partial charge in [0.15, 0.2) is 0 Å². The second-order valence-electron chi connectivity index (χ2n) is 10.2. The molecule has 0 spiro atoms. The SMILES string of the molecule is CC(=Nc1c(C)c(C)cc(C)c1C)c1cc2ccccc2c(C(C)=Nc2c(C)c(C)cc(C)c2C)n1. The Balaban J connectivity index is 1.93. The van der Waals surface area contributed by atoms with Crippen molar-refractivity contribution in [2.45, 2.75) is 69.2 Å². The molecule has 0 N–H and O–H groups in total. The summed E-state index contributed by atoms with van der Waals surface area (Å²) in [6, 6.07) is 15.0. The van der Waals surface area contributed by atoms with Crippen LogP contribution in [0.1, 0.15) is 69.7 Å². The maximum absolute atomic E-state index is 5.15. The lowest BCUT2D eigenvalue weighted by Gasteiger charge is -2.15. The third-order valence-electron chi connectivity index (χ3n) is 7.67. The van der Waals surface area contributed by atoms with E-state index in [4.69, 9.17) is 15.0 Å². The van der Waals surface area contributed by atoms with E-state index in [1.54, 1.807) is 0 Å². The lowest BCUT2D eigenvalue weighted by atomic mass is 9.98. The number of aryl methyl sites for hydroxylation is 4. The fourth-order valence-electron chi connectivity index (χ4n) is 4.83. The smallest absolute Gasteiger partial charge is 0.0928 e. The number of hydrogen-bond donors (Lipinski definition) is 0. The monoisotopic (exact) mass is 475 g/mol. The van der Waals surface area contributed by atoms with Gasteiger partial charge in [-0.1, -0.05) is 36.4 Å². The van der Waals surface area contributed by atoms with Gasteiger partial charge in [-0.15, -0.1) is 0 Å². The van der Waals surface area contributed by atoms with E-state index in [0.29, 0.717) is 0 Å². The minimum atomic E-state index is 0.880. The highest BCUT2D eigenvalue weighted by atomic mass is 14.8. The van der Waals surface area contributed by atoms with Crippen LogP contribution in [-0.2, 0) is 0 Å². The fourth-order valence-corrected chi connectivity index (χ4v) is 4.83. The molecule has 0 aliphatic heterocycles. The van der Waals surface area contributed by atoms with Gasteiger partial charge in [0.2, 0.25) is 0 Å². The Bertz CT molecular complexity index is 1520. The number of benzene rings is 3. The molecule has 0 radical (unpaired) electrons. The maximum Gasteiger partial charge on any atom is 0.0928 e. The Morgan fingerprint density at radius 2 is 1.03 bits per heavy atom. The van der Waals surface area contributed by atoms with E-state index in [1.165, 1.54) is 44.5 Å². The molecular weight excluding hydrogens is 438 g/mol. The molecule has 0 amide bonds. The predicted molar refractivity (Wildman–Crippen MR) is 156 cm³/mol. The number of hydrogen-bond acceptors (Lipinski definition) is 3. The minimum absolute atomic E-state index is 0.880. The molecule has 4 rings (SSSR count). The van der Waals surface area contributed by atoms with Crippen molar-refractivity contribution >= 4 is 33.6 Å². The normalized spacial score (nSPS) is 12.5. The van der Waals surface area contributed by atoms with Crippen molar-refractivity contribution in [2.24, 2.45) is 9.98 Å². The van der Waals surface area contributed by atoms with Gasteiger partial charge in [-0.2, -0.15) is 0 Å². The molecule has 0 bridgehead atoms. The summed E-state index contributed by atoms with van der Waals surface area (Å²) >= 11 is 0. The largest absolute Gasteiger partial charge is 0.251 e. The third-order valence-corrected chi connectivity index (χ3v) is 7.67. The molecule has 0 unspecified atom stereocenters. The van der Waals surface area contributed by atoms with Crippen molar-refractivity contribution in [3.05, 3.63) is 98.4 Å². The van der Waals surface area contributed by atoms with Crippen molar-refractivity contribution in [2.75, 3.05) is 0 Å². The van der Waals surface area contributed by atoms with Crippen LogP contribution in [0.5, 0.6) is 0 Å². The van der Waals surface area contributed by atoms with Crippen molar-refractivity contribution in [3.8, 4) is 0 Å². The van der Waals surface area contributed by atoms with Crippen LogP contribution in [0.15, 0.2) is 52.4 Å². The van der Waals surface area contributed by atoms with Crippen molar-refractivity contribution in [3.63, 3.8) is 0 Å². The lowest BCUT2D eigenvalue weighted by Crippen LogP contribution is -2.07. The summed E-state index contributed by atoms with van der Waals surface area (Å²) in [5.41, 5.74) is 15.6. The first-order chi connectivity index (χ1) is 17.0. The molecule has 4 aromatic rings. The first-order valence-electron chi connectivity index (χ1n) is 12.7. The quantitative estimate of drug-likeness (QED) is 0.271. The van der Waals surface area contributed by atoms with Crippen molar-refractivity contribution in [1.82, 2.24) is 4.98 Å². The Morgan fingerprint density at radius 3 is 1.53 bits per heavy atom. The van der Waals surface area contributed by atoms with E-state index in [-0.39, 0.29) is 0 Å². The number of aliphatic imine (C=N–C) groups is 2. The van der Waals surface area contributed by atoms with Gasteiger partial charge in [-0.25, -0.2) is 4.98 Å². The van der Waals surface area contributed by atoms with Crippen LogP contribution in [-0.4, -0.2) is 16.4 Å². The first-order valence-corrected chi connectivity index (χ1v) is 12.7. The fraction of sp³-hybridized carbons (Fsp3) is 0.303. The molecule has 3 heteroatoms. The van der Waals surface area contributed by atoms with Crippen LogP contribution in [0, 0.1) is 55.4 Å². The zero-order valence-corrected chi connectivity index (χ0v) is 23.4. The second kappa shape index (κ2) is 9.81. The Labute approximate surface area is 216 Å². The second-order valence-corrected chi connectivity index (χ2v) is 10.2. The average molecular weight is 476 g/mol. The van der Waals surface area contributed by atoms with Gasteiger partial charge in [0.05, 0.1) is 34.2 Å². The molecule has 0 atom stereocenters. The maximum atomic E-state index is 5.15. The highest BCUT2D eigenvalue weighted by molar-refractivity contribution is 6.11. The van der Waals surface area contributed by atoms with Gasteiger partial charge < -0.3 is 0 Å². The Kier molecular flexibility index (Phi) is 6.95. The van der Waals surface area contributed by atoms with Crippen LogP contribution in [0.25, 0.3) is 10.8 Å². The molecule has 184 valence electrons. The lowest BCUT2D eigenvalue weighted by molar-refractivity contribution is 1.20. The van der Waals surface area contributed by atoms with Gasteiger partial charge in [0, 0.05) is 5.39 Å². The molecule has 0 fully saturated rings. The van der Waals surface area contributed by atoms with Crippen LogP contribution < -0.4 is 0 Å². The molecule has 3 nitrogen and oxygen atoms in total. The number of pyridine rings is 1. The number of aromatic nitrogens is 1. The third kappa shape index (κ3) is 4.63. The molecule has 3 aromatic carbocycles. The van der Waals surface area contributed by atoms with E-state index in [1.807, 2.05) is 0 Å². The molecule has 36 heavy (non-hydrogen) atoms. The summed E-state index contributed by atoms with van der Waals surface area (Å²) < 4.78 is 0. The zero-order chi connectivity index (χ0) is 26.3. The highest BCUT2D eigenvalue weighted by Crippen LogP contribution is 2.32.